The van der Waals surface area contributed by atoms with Gasteiger partial charge in [-0.05, 0) is 44.8 Å². The lowest BCUT2D eigenvalue weighted by Gasteiger charge is -2.29. The maximum atomic E-state index is 5.23. The van der Waals surface area contributed by atoms with Crippen molar-refractivity contribution in [2.75, 3.05) is 0 Å². The number of hydrogen-bond acceptors (Lipinski definition) is 1. The molecule has 0 aromatic heterocycles. The number of hydrogen-bond donors (Lipinski definition) is 2. The van der Waals surface area contributed by atoms with Gasteiger partial charge >= 0.3 is 0 Å². The Balaban J connectivity index is 2.25. The third-order valence-electron chi connectivity index (χ3n) is 2.69. The smallest absolute Gasteiger partial charge is 0.166 e. The van der Waals surface area contributed by atoms with Crippen molar-refractivity contribution in [1.29, 1.82) is 0 Å². The molecule has 82 valence electrons. The fourth-order valence-electron chi connectivity index (χ4n) is 2.05. The van der Waals surface area contributed by atoms with E-state index in [9.17, 15) is 0 Å². The summed E-state index contributed by atoms with van der Waals surface area (Å²) in [5.74, 6) is 0.850. The summed E-state index contributed by atoms with van der Waals surface area (Å²) in [6, 6.07) is 1.02. The summed E-state index contributed by atoms with van der Waals surface area (Å²) < 4.78 is 0. The fourth-order valence-corrected chi connectivity index (χ4v) is 2.46. The molecule has 0 aliphatic heterocycles. The van der Waals surface area contributed by atoms with Gasteiger partial charge in [-0.2, -0.15) is 0 Å². The molecule has 1 aliphatic rings. The maximum Gasteiger partial charge on any atom is 0.166 e. The van der Waals surface area contributed by atoms with Gasteiger partial charge in [0, 0.05) is 12.1 Å². The lowest BCUT2D eigenvalue weighted by molar-refractivity contribution is 0.325. The van der Waals surface area contributed by atoms with Crippen LogP contribution in [0.5, 0.6) is 0 Å². The molecular weight excluding hydrogens is 192 g/mol. The van der Waals surface area contributed by atoms with E-state index in [1.165, 1.54) is 25.7 Å². The van der Waals surface area contributed by atoms with Crippen LogP contribution in [0, 0.1) is 5.92 Å². The molecule has 0 radical (unpaired) electrons. The Morgan fingerprint density at radius 3 is 2.64 bits per heavy atom. The molecule has 1 rings (SSSR count). The first-order valence-electron chi connectivity index (χ1n) is 5.65. The fraction of sp³-hybridized carbons (Fsp3) is 0.909. The first kappa shape index (κ1) is 11.8. The molecular formula is C11H22N2S. The number of nitrogens with one attached hydrogen (secondary N) is 2. The van der Waals surface area contributed by atoms with Gasteiger partial charge in [-0.15, -0.1) is 0 Å². The molecule has 1 saturated carbocycles. The molecule has 3 heteroatoms. The molecule has 0 heterocycles. The van der Waals surface area contributed by atoms with Crippen molar-refractivity contribution in [3.8, 4) is 0 Å². The van der Waals surface area contributed by atoms with Crippen molar-refractivity contribution in [2.45, 2.75) is 58.5 Å². The second-order valence-corrected chi connectivity index (χ2v) is 5.15. The summed E-state index contributed by atoms with van der Waals surface area (Å²) in [5, 5.41) is 7.44. The molecule has 2 unspecified atom stereocenters. The molecule has 0 spiro atoms. The summed E-state index contributed by atoms with van der Waals surface area (Å²) in [5.41, 5.74) is 0. The monoisotopic (exact) mass is 214 g/mol. The third-order valence-corrected chi connectivity index (χ3v) is 2.93. The van der Waals surface area contributed by atoms with Crippen LogP contribution in [0.1, 0.15) is 46.5 Å². The van der Waals surface area contributed by atoms with Crippen LogP contribution < -0.4 is 10.6 Å². The number of rotatable bonds is 2. The van der Waals surface area contributed by atoms with Crippen LogP contribution in [0.2, 0.25) is 0 Å². The van der Waals surface area contributed by atoms with Gasteiger partial charge in [-0.25, -0.2) is 0 Å². The minimum atomic E-state index is 0.427. The summed E-state index contributed by atoms with van der Waals surface area (Å²) in [6.45, 7) is 6.54. The Kier molecular flexibility index (Phi) is 4.66. The van der Waals surface area contributed by atoms with Crippen molar-refractivity contribution in [1.82, 2.24) is 10.6 Å². The second kappa shape index (κ2) is 5.54. The lowest BCUT2D eigenvalue weighted by Crippen LogP contribution is -2.45. The van der Waals surface area contributed by atoms with Crippen molar-refractivity contribution >= 4 is 17.3 Å². The molecule has 1 aliphatic carbocycles. The molecule has 0 aromatic rings. The maximum absolute atomic E-state index is 5.23. The van der Waals surface area contributed by atoms with E-state index in [1.54, 1.807) is 0 Å². The van der Waals surface area contributed by atoms with E-state index in [-0.39, 0.29) is 0 Å². The Hall–Kier alpha value is -0.310. The van der Waals surface area contributed by atoms with E-state index < -0.39 is 0 Å². The molecule has 0 saturated heterocycles. The van der Waals surface area contributed by atoms with E-state index in [4.69, 9.17) is 12.2 Å². The first-order valence-corrected chi connectivity index (χ1v) is 6.05. The van der Waals surface area contributed by atoms with Crippen LogP contribution in [0.4, 0.5) is 0 Å². The molecule has 1 fully saturated rings. The highest BCUT2D eigenvalue weighted by Crippen LogP contribution is 2.23. The quantitative estimate of drug-likeness (QED) is 0.690. The summed E-state index contributed by atoms with van der Waals surface area (Å²) in [4.78, 5) is 0. The van der Waals surface area contributed by atoms with Crippen molar-refractivity contribution < 1.29 is 0 Å². The van der Waals surface area contributed by atoms with Crippen molar-refractivity contribution in [3.63, 3.8) is 0 Å². The number of thiocarbonyl (C=S) groups is 1. The normalized spacial score (nSPS) is 27.4. The molecule has 0 bridgehead atoms. The highest BCUT2D eigenvalue weighted by atomic mass is 32.1. The van der Waals surface area contributed by atoms with Crippen LogP contribution in [-0.2, 0) is 0 Å². The molecule has 2 N–H and O–H groups in total. The zero-order valence-electron chi connectivity index (χ0n) is 9.47. The minimum Gasteiger partial charge on any atom is -0.361 e. The zero-order valence-corrected chi connectivity index (χ0v) is 10.3. The SMILES string of the molecule is CC1CCCC(NC(=S)NC(C)C)C1. The van der Waals surface area contributed by atoms with Gasteiger partial charge in [-0.1, -0.05) is 19.8 Å². The lowest BCUT2D eigenvalue weighted by atomic mass is 9.87. The predicted molar refractivity (Wildman–Crippen MR) is 65.4 cm³/mol. The van der Waals surface area contributed by atoms with Gasteiger partial charge in [0.1, 0.15) is 0 Å². The second-order valence-electron chi connectivity index (χ2n) is 4.74. The average Bonchev–Trinajstić information content (AvgIpc) is 2.01. The molecule has 14 heavy (non-hydrogen) atoms. The Morgan fingerprint density at radius 2 is 2.07 bits per heavy atom. The summed E-state index contributed by atoms with van der Waals surface area (Å²) >= 11 is 5.23. The predicted octanol–water partition coefficient (Wildman–Crippen LogP) is 2.44. The topological polar surface area (TPSA) is 24.1 Å². The summed E-state index contributed by atoms with van der Waals surface area (Å²) in [6.07, 6.45) is 5.25. The Bertz CT molecular complexity index is 192. The molecule has 0 aromatic carbocycles. The van der Waals surface area contributed by atoms with E-state index in [0.29, 0.717) is 12.1 Å². The standard InChI is InChI=1S/C11H22N2S/c1-8(2)12-11(14)13-10-6-4-5-9(3)7-10/h8-10H,4-7H2,1-3H3,(H2,12,13,14). The molecule has 0 amide bonds. The van der Waals surface area contributed by atoms with E-state index in [2.05, 4.69) is 31.4 Å². The summed E-state index contributed by atoms with van der Waals surface area (Å²) in [7, 11) is 0. The molecule has 2 nitrogen and oxygen atoms in total. The van der Waals surface area contributed by atoms with Crippen LogP contribution in [0.15, 0.2) is 0 Å². The van der Waals surface area contributed by atoms with Crippen molar-refractivity contribution in [3.05, 3.63) is 0 Å². The third kappa shape index (κ3) is 4.27. The first-order chi connectivity index (χ1) is 6.58. The van der Waals surface area contributed by atoms with Gasteiger partial charge in [0.2, 0.25) is 0 Å². The van der Waals surface area contributed by atoms with Crippen LogP contribution in [-0.4, -0.2) is 17.2 Å². The average molecular weight is 214 g/mol. The molecule has 2 atom stereocenters. The highest BCUT2D eigenvalue weighted by molar-refractivity contribution is 7.80. The largest absolute Gasteiger partial charge is 0.361 e. The minimum absolute atomic E-state index is 0.427. The van der Waals surface area contributed by atoms with E-state index >= 15 is 0 Å². The Labute approximate surface area is 92.8 Å². The van der Waals surface area contributed by atoms with Crippen LogP contribution in [0.25, 0.3) is 0 Å². The van der Waals surface area contributed by atoms with Gasteiger partial charge in [0.05, 0.1) is 0 Å². The van der Waals surface area contributed by atoms with Gasteiger partial charge in [0.25, 0.3) is 0 Å². The zero-order chi connectivity index (χ0) is 10.6. The van der Waals surface area contributed by atoms with Gasteiger partial charge in [-0.3, -0.25) is 0 Å². The van der Waals surface area contributed by atoms with Gasteiger partial charge < -0.3 is 10.6 Å². The van der Waals surface area contributed by atoms with Gasteiger partial charge in [0.15, 0.2) is 5.11 Å². The van der Waals surface area contributed by atoms with E-state index in [1.807, 2.05) is 0 Å². The van der Waals surface area contributed by atoms with E-state index in [0.717, 1.165) is 11.0 Å². The Morgan fingerprint density at radius 1 is 1.36 bits per heavy atom. The van der Waals surface area contributed by atoms with Crippen molar-refractivity contribution in [2.24, 2.45) is 5.92 Å². The van der Waals surface area contributed by atoms with Crippen LogP contribution >= 0.6 is 12.2 Å². The van der Waals surface area contributed by atoms with Crippen LogP contribution in [0.3, 0.4) is 0 Å². The highest BCUT2D eigenvalue weighted by Gasteiger charge is 2.19.